The number of carbonyl (C=O) groups is 1. The van der Waals surface area contributed by atoms with Crippen LogP contribution in [0.5, 0.6) is 0 Å². The Morgan fingerprint density at radius 2 is 1.91 bits per heavy atom. The van der Waals surface area contributed by atoms with Gasteiger partial charge in [-0.15, -0.1) is 0 Å². The molecule has 0 aromatic heterocycles. The molecule has 0 aromatic rings. The Balaban J connectivity index is 1.72. The van der Waals surface area contributed by atoms with Crippen LogP contribution in [0.4, 0.5) is 0 Å². The minimum Gasteiger partial charge on any atom is -0.550 e. The van der Waals surface area contributed by atoms with Gasteiger partial charge in [0.1, 0.15) is 6.10 Å². The Kier molecular flexibility index (Phi) is 10.5. The molecule has 7 unspecified atom stereocenters. The summed E-state index contributed by atoms with van der Waals surface area (Å²) in [6, 6.07) is 0. The number of carboxylic acid groups (broad SMARTS) is 1. The van der Waals surface area contributed by atoms with E-state index in [1.807, 2.05) is 6.92 Å². The lowest BCUT2D eigenvalue weighted by Gasteiger charge is -2.42. The average Bonchev–Trinajstić information content (AvgIpc) is 2.72. The maximum atomic E-state index is 10.8. The summed E-state index contributed by atoms with van der Waals surface area (Å²) in [4.78, 5) is 10.8. The van der Waals surface area contributed by atoms with E-state index in [0.717, 1.165) is 50.7 Å². The van der Waals surface area contributed by atoms with Crippen molar-refractivity contribution >= 4 is 5.97 Å². The highest BCUT2D eigenvalue weighted by molar-refractivity contribution is 5.66. The van der Waals surface area contributed by atoms with Gasteiger partial charge in [0, 0.05) is 11.9 Å². The molecule has 0 saturated heterocycles. The lowest BCUT2D eigenvalue weighted by atomic mass is 9.75. The lowest BCUT2D eigenvalue weighted by Crippen LogP contribution is -2.38. The Labute approximate surface area is 201 Å². The van der Waals surface area contributed by atoms with E-state index >= 15 is 0 Å². The number of carboxylic acids is 1. The fourth-order valence-corrected chi connectivity index (χ4v) is 5.33. The predicted molar refractivity (Wildman–Crippen MR) is 130 cm³/mol. The third-order valence-corrected chi connectivity index (χ3v) is 8.08. The van der Waals surface area contributed by atoms with Gasteiger partial charge in [-0.2, -0.15) is 0 Å². The second-order valence-corrected chi connectivity index (χ2v) is 11.3. The molecule has 190 valence electrons. The zero-order valence-electron chi connectivity index (χ0n) is 21.7. The summed E-state index contributed by atoms with van der Waals surface area (Å²) in [6.45, 7) is 12.2. The molecule has 2 aliphatic rings. The van der Waals surface area contributed by atoms with Crippen molar-refractivity contribution in [3.63, 3.8) is 0 Å². The quantitative estimate of drug-likeness (QED) is 0.402. The van der Waals surface area contributed by atoms with Crippen LogP contribution in [0.25, 0.3) is 0 Å². The van der Waals surface area contributed by atoms with Crippen molar-refractivity contribution in [3.05, 3.63) is 23.0 Å². The molecule has 1 aliphatic carbocycles. The van der Waals surface area contributed by atoms with Gasteiger partial charge in [-0.1, -0.05) is 39.3 Å². The van der Waals surface area contributed by atoms with Crippen molar-refractivity contribution in [1.29, 1.82) is 0 Å². The Hall–Kier alpha value is -1.33. The van der Waals surface area contributed by atoms with Gasteiger partial charge in [0.15, 0.2) is 0 Å². The molecule has 0 aromatic carbocycles. The summed E-state index contributed by atoms with van der Waals surface area (Å²) < 4.78 is 6.48. The van der Waals surface area contributed by atoms with E-state index in [4.69, 9.17) is 4.74 Å². The van der Waals surface area contributed by atoms with E-state index in [-0.39, 0.29) is 24.0 Å². The molecule has 33 heavy (non-hydrogen) atoms. The summed E-state index contributed by atoms with van der Waals surface area (Å²) in [5, 5.41) is 31.7. The van der Waals surface area contributed by atoms with Gasteiger partial charge >= 0.3 is 0 Å². The summed E-state index contributed by atoms with van der Waals surface area (Å²) in [5.41, 5.74) is 1.93. The van der Waals surface area contributed by atoms with E-state index in [2.05, 4.69) is 33.8 Å². The molecular formula is C28H47O5-. The largest absolute Gasteiger partial charge is 0.550 e. The molecule has 0 amide bonds. The van der Waals surface area contributed by atoms with Gasteiger partial charge in [-0.05, 0) is 101 Å². The molecule has 2 N–H and O–H groups in total. The van der Waals surface area contributed by atoms with E-state index in [1.54, 1.807) is 6.92 Å². The fourth-order valence-electron chi connectivity index (χ4n) is 5.33. The lowest BCUT2D eigenvalue weighted by molar-refractivity contribution is -0.311. The first-order valence-corrected chi connectivity index (χ1v) is 13.1. The number of rotatable bonds is 12. The maximum absolute atomic E-state index is 10.8. The molecule has 0 fully saturated rings. The summed E-state index contributed by atoms with van der Waals surface area (Å²) >= 11 is 0. The van der Waals surface area contributed by atoms with Crippen molar-refractivity contribution in [2.75, 3.05) is 0 Å². The highest BCUT2D eigenvalue weighted by Gasteiger charge is 2.38. The molecule has 1 aliphatic heterocycles. The average molecular weight is 464 g/mol. The predicted octanol–water partition coefficient (Wildman–Crippen LogP) is 4.91. The van der Waals surface area contributed by atoms with Gasteiger partial charge in [0.25, 0.3) is 0 Å². The summed E-state index contributed by atoms with van der Waals surface area (Å²) in [7, 11) is 0. The number of hydrogen-bond donors (Lipinski definition) is 2. The van der Waals surface area contributed by atoms with Crippen molar-refractivity contribution in [2.24, 2.45) is 23.7 Å². The Bertz CT molecular complexity index is 707. The number of carbonyl (C=O) groups excluding carboxylic acids is 1. The molecule has 2 rings (SSSR count). The standard InChI is InChI=1S/C28H48O5/c1-18(11-8-14-28(6,32)15-9-12-19(2)27(30)31)10-7-13-25-20(3)16-23-17-24(29)21(4)22(5)26(23)33-25/h10,19-22,24-25,29,32H,7-9,11-17H2,1-6H3,(H,30,31)/p-1/b18-10+. The van der Waals surface area contributed by atoms with Crippen LogP contribution in [-0.4, -0.2) is 34.0 Å². The third kappa shape index (κ3) is 8.43. The van der Waals surface area contributed by atoms with Gasteiger partial charge in [-0.25, -0.2) is 0 Å². The number of hydrogen-bond acceptors (Lipinski definition) is 5. The molecule has 5 nitrogen and oxygen atoms in total. The number of aliphatic hydroxyl groups excluding tert-OH is 1. The maximum Gasteiger partial charge on any atom is 0.101 e. The SMILES string of the molecule is C/C(=C\CCC1OC2=C(CC1C)CC(O)C(C)C2C)CCCC(C)(O)CCCC(C)C(=O)[O-]. The summed E-state index contributed by atoms with van der Waals surface area (Å²) in [5.74, 6) is 0.679. The molecule has 1 heterocycles. The second kappa shape index (κ2) is 12.4. The first-order chi connectivity index (χ1) is 15.4. The van der Waals surface area contributed by atoms with E-state index in [9.17, 15) is 20.1 Å². The highest BCUT2D eigenvalue weighted by Crippen LogP contribution is 2.43. The second-order valence-electron chi connectivity index (χ2n) is 11.3. The minimum atomic E-state index is -1.01. The number of aliphatic hydroxyl groups is 2. The topological polar surface area (TPSA) is 89.8 Å². The van der Waals surface area contributed by atoms with Gasteiger partial charge in [-0.3, -0.25) is 0 Å². The van der Waals surface area contributed by atoms with E-state index in [0.29, 0.717) is 25.2 Å². The van der Waals surface area contributed by atoms with Crippen LogP contribution in [0, 0.1) is 23.7 Å². The first-order valence-electron chi connectivity index (χ1n) is 13.1. The van der Waals surface area contributed by atoms with Crippen LogP contribution in [0.15, 0.2) is 23.0 Å². The van der Waals surface area contributed by atoms with Crippen molar-refractivity contribution in [1.82, 2.24) is 0 Å². The van der Waals surface area contributed by atoms with Crippen molar-refractivity contribution in [3.8, 4) is 0 Å². The number of allylic oxidation sites excluding steroid dienone is 3. The third-order valence-electron chi connectivity index (χ3n) is 8.08. The molecule has 0 spiro atoms. The molecule has 0 bridgehead atoms. The molecule has 0 saturated carbocycles. The monoisotopic (exact) mass is 463 g/mol. The van der Waals surface area contributed by atoms with Crippen molar-refractivity contribution < 1.29 is 24.9 Å². The first kappa shape index (κ1) is 27.9. The molecule has 5 heteroatoms. The Morgan fingerprint density at radius 3 is 2.58 bits per heavy atom. The van der Waals surface area contributed by atoms with E-state index < -0.39 is 17.5 Å². The van der Waals surface area contributed by atoms with Gasteiger partial charge in [0.2, 0.25) is 0 Å². The van der Waals surface area contributed by atoms with Crippen LogP contribution in [0.3, 0.4) is 0 Å². The normalized spacial score (nSPS) is 30.9. The highest BCUT2D eigenvalue weighted by atomic mass is 16.5. The van der Waals surface area contributed by atoms with Crippen LogP contribution in [0.2, 0.25) is 0 Å². The molecular weight excluding hydrogens is 416 g/mol. The molecule has 7 atom stereocenters. The van der Waals surface area contributed by atoms with Crippen molar-refractivity contribution in [2.45, 2.75) is 124 Å². The molecule has 0 radical (unpaired) electrons. The number of aliphatic carboxylic acids is 1. The fraction of sp³-hybridized carbons (Fsp3) is 0.821. The van der Waals surface area contributed by atoms with Gasteiger partial charge in [0.05, 0.1) is 17.5 Å². The zero-order chi connectivity index (χ0) is 24.8. The van der Waals surface area contributed by atoms with E-state index in [1.165, 1.54) is 11.1 Å². The smallest absolute Gasteiger partial charge is 0.101 e. The van der Waals surface area contributed by atoms with Crippen LogP contribution < -0.4 is 5.11 Å². The van der Waals surface area contributed by atoms with Crippen LogP contribution in [-0.2, 0) is 9.53 Å². The zero-order valence-corrected chi connectivity index (χ0v) is 21.7. The van der Waals surface area contributed by atoms with Crippen LogP contribution in [0.1, 0.15) is 106 Å². The number of ether oxygens (including phenoxy) is 1. The van der Waals surface area contributed by atoms with Gasteiger partial charge < -0.3 is 24.9 Å². The summed E-state index contributed by atoms with van der Waals surface area (Å²) in [6.07, 6.45) is 10.6. The van der Waals surface area contributed by atoms with Crippen LogP contribution >= 0.6 is 0 Å². The minimum absolute atomic E-state index is 0.238. The Morgan fingerprint density at radius 1 is 1.24 bits per heavy atom.